The molecule has 0 aromatic rings. The van der Waals surface area contributed by atoms with Crippen LogP contribution in [0, 0.1) is 17.8 Å². The van der Waals surface area contributed by atoms with Gasteiger partial charge >= 0.3 is 11.9 Å². The molecule has 0 aromatic carbocycles. The number of nitrogens with one attached hydrogen (secondary N) is 2. The van der Waals surface area contributed by atoms with Crippen molar-refractivity contribution < 1.29 is 43.4 Å². The summed E-state index contributed by atoms with van der Waals surface area (Å²) in [5, 5.41) is 15.0. The summed E-state index contributed by atoms with van der Waals surface area (Å²) in [7, 11) is 2.96. The third kappa shape index (κ3) is 9.40. The number of amides is 5. The monoisotopic (exact) mass is 637 g/mol. The van der Waals surface area contributed by atoms with E-state index in [-0.39, 0.29) is 37.8 Å². The summed E-state index contributed by atoms with van der Waals surface area (Å²) in [5.74, 6) is -6.45. The lowest BCUT2D eigenvalue weighted by Crippen LogP contribution is -2.62. The summed E-state index contributed by atoms with van der Waals surface area (Å²) in [5.41, 5.74) is 0. The Morgan fingerprint density at radius 1 is 0.956 bits per heavy atom. The van der Waals surface area contributed by atoms with Crippen molar-refractivity contribution in [2.24, 2.45) is 17.8 Å². The molecule has 3 N–H and O–H groups in total. The Morgan fingerprint density at radius 2 is 1.60 bits per heavy atom. The van der Waals surface area contributed by atoms with Crippen LogP contribution in [0.15, 0.2) is 0 Å². The Morgan fingerprint density at radius 3 is 2.18 bits per heavy atom. The number of esters is 1. The number of carboxylic acids is 1. The lowest BCUT2D eigenvalue weighted by Gasteiger charge is -2.39. The number of hydrogen-bond donors (Lipinski definition) is 3. The summed E-state index contributed by atoms with van der Waals surface area (Å²) in [6.07, 6.45) is -0.0522. The molecule has 2 saturated heterocycles. The molecule has 7 atom stereocenters. The highest BCUT2D eigenvalue weighted by molar-refractivity contribution is 5.96. The first kappa shape index (κ1) is 37.5. The molecule has 0 bridgehead atoms. The molecule has 0 aliphatic carbocycles. The number of carboxylic acid groups (broad SMARTS) is 1. The van der Waals surface area contributed by atoms with Crippen LogP contribution in [0.2, 0.25) is 0 Å². The molecule has 2 aliphatic rings. The van der Waals surface area contributed by atoms with Gasteiger partial charge in [0.25, 0.3) is 5.91 Å². The van der Waals surface area contributed by atoms with Crippen molar-refractivity contribution in [3.8, 4) is 0 Å². The number of piperidine rings is 1. The average Bonchev–Trinajstić information content (AvgIpc) is 3.00. The fourth-order valence-corrected chi connectivity index (χ4v) is 5.69. The van der Waals surface area contributed by atoms with Crippen molar-refractivity contribution in [1.29, 1.82) is 0 Å². The lowest BCUT2D eigenvalue weighted by atomic mass is 9.93. The predicted molar refractivity (Wildman–Crippen MR) is 163 cm³/mol. The maximum Gasteiger partial charge on any atom is 0.308 e. The zero-order valence-corrected chi connectivity index (χ0v) is 27.8. The summed E-state index contributed by atoms with van der Waals surface area (Å²) in [6.45, 7) is 10.2. The van der Waals surface area contributed by atoms with E-state index in [1.54, 1.807) is 13.8 Å². The number of carbonyl (C=O) groups excluding carboxylic acids is 6. The molecule has 254 valence electrons. The molecule has 2 heterocycles. The molecule has 2 fully saturated rings. The number of cyclic esters (lactones) is 1. The van der Waals surface area contributed by atoms with Crippen LogP contribution in [-0.2, 0) is 38.3 Å². The van der Waals surface area contributed by atoms with E-state index in [4.69, 9.17) is 4.74 Å². The van der Waals surface area contributed by atoms with Crippen molar-refractivity contribution in [2.75, 3.05) is 27.2 Å². The third-order valence-corrected chi connectivity index (χ3v) is 8.99. The van der Waals surface area contributed by atoms with Crippen molar-refractivity contribution in [2.45, 2.75) is 110 Å². The molecular weight excluding hydrogens is 586 g/mol. The maximum absolute atomic E-state index is 14.0. The van der Waals surface area contributed by atoms with Gasteiger partial charge in [0.05, 0.1) is 12.3 Å². The summed E-state index contributed by atoms with van der Waals surface area (Å²) < 4.78 is 5.48. The number of fused-ring (bicyclic) bond motifs is 1. The molecule has 0 aromatic heterocycles. The molecule has 0 radical (unpaired) electrons. The maximum atomic E-state index is 14.0. The van der Waals surface area contributed by atoms with E-state index in [1.165, 1.54) is 42.6 Å². The van der Waals surface area contributed by atoms with Gasteiger partial charge in [0.1, 0.15) is 24.2 Å². The highest BCUT2D eigenvalue weighted by atomic mass is 16.5. The van der Waals surface area contributed by atoms with Crippen molar-refractivity contribution in [3.63, 3.8) is 0 Å². The van der Waals surface area contributed by atoms with Gasteiger partial charge in [0.2, 0.25) is 23.6 Å². The standard InChI is InChI=1S/C31H51N5O9/c1-9-18(4)24-29(41)35(8)25(17(2)3)30(42)34(7)20(6)26(38)32-14-13-23(37)45-22(16-19(5)31(43)44)28(40)36-15-11-10-12-21(36)27(39)33-24/h17-22,24-25H,9-16H2,1-8H3,(H,32,38)(H,33,39)(H,43,44)/t18?,19?,20?,21-,22+,24?,25?/m0/s1. The van der Waals surface area contributed by atoms with Crippen LogP contribution in [0.5, 0.6) is 0 Å². The van der Waals surface area contributed by atoms with E-state index >= 15 is 0 Å². The largest absolute Gasteiger partial charge is 0.481 e. The van der Waals surface area contributed by atoms with Crippen LogP contribution in [0.1, 0.15) is 80.1 Å². The van der Waals surface area contributed by atoms with Gasteiger partial charge in [-0.1, -0.05) is 41.0 Å². The third-order valence-electron chi connectivity index (χ3n) is 8.99. The number of carbonyl (C=O) groups is 7. The Bertz CT molecular complexity index is 1130. The number of rotatable bonds is 6. The van der Waals surface area contributed by atoms with Crippen LogP contribution in [0.3, 0.4) is 0 Å². The van der Waals surface area contributed by atoms with Crippen molar-refractivity contribution in [3.05, 3.63) is 0 Å². The van der Waals surface area contributed by atoms with E-state index < -0.39 is 77.7 Å². The quantitative estimate of drug-likeness (QED) is 0.354. The lowest BCUT2D eigenvalue weighted by molar-refractivity contribution is -0.165. The van der Waals surface area contributed by atoms with Crippen LogP contribution in [0.25, 0.3) is 0 Å². The first-order chi connectivity index (χ1) is 21.0. The summed E-state index contributed by atoms with van der Waals surface area (Å²) in [6, 6.07) is -3.89. The van der Waals surface area contributed by atoms with Gasteiger partial charge < -0.3 is 35.2 Å². The van der Waals surface area contributed by atoms with Gasteiger partial charge in [0, 0.05) is 33.6 Å². The molecule has 2 rings (SSSR count). The van der Waals surface area contributed by atoms with Crippen LogP contribution < -0.4 is 10.6 Å². The molecule has 45 heavy (non-hydrogen) atoms. The van der Waals surface area contributed by atoms with E-state index in [9.17, 15) is 38.7 Å². The molecule has 2 aliphatic heterocycles. The fourth-order valence-electron chi connectivity index (χ4n) is 5.69. The molecule has 5 unspecified atom stereocenters. The second-order valence-electron chi connectivity index (χ2n) is 12.7. The fraction of sp³-hybridized carbons (Fsp3) is 0.774. The second kappa shape index (κ2) is 16.6. The number of nitrogens with zero attached hydrogens (tertiary/aromatic N) is 3. The zero-order valence-electron chi connectivity index (χ0n) is 27.8. The molecule has 0 spiro atoms. The van der Waals surface area contributed by atoms with Crippen LogP contribution in [-0.4, -0.2) is 119 Å². The molecular formula is C31H51N5O9. The second-order valence-corrected chi connectivity index (χ2v) is 12.7. The van der Waals surface area contributed by atoms with Gasteiger partial charge in [0.15, 0.2) is 6.10 Å². The molecule has 5 amide bonds. The van der Waals surface area contributed by atoms with Crippen LogP contribution >= 0.6 is 0 Å². The Kier molecular flexibility index (Phi) is 13.8. The SMILES string of the molecule is CCC(C)C1NC(=O)[C@@H]2CCCCN2C(=O)[C@@H](CC(C)C(=O)O)OC(=O)CCNC(=O)C(C)N(C)C(=O)C(C(C)C)N(C)C1=O. The Balaban J connectivity index is 2.59. The normalized spacial score (nSPS) is 28.3. The Hall–Kier alpha value is -3.71. The van der Waals surface area contributed by atoms with E-state index in [1.807, 2.05) is 13.8 Å². The average molecular weight is 638 g/mol. The number of ether oxygens (including phenoxy) is 1. The number of hydrogen-bond acceptors (Lipinski definition) is 8. The van der Waals surface area contributed by atoms with Crippen molar-refractivity contribution >= 4 is 41.5 Å². The minimum atomic E-state index is -1.47. The van der Waals surface area contributed by atoms with Crippen LogP contribution in [0.4, 0.5) is 0 Å². The highest BCUT2D eigenvalue weighted by Crippen LogP contribution is 2.24. The summed E-state index contributed by atoms with van der Waals surface area (Å²) >= 11 is 0. The summed E-state index contributed by atoms with van der Waals surface area (Å²) in [4.78, 5) is 96.6. The predicted octanol–water partition coefficient (Wildman–Crippen LogP) is 0.771. The number of aliphatic carboxylic acids is 1. The minimum Gasteiger partial charge on any atom is -0.481 e. The Labute approximate surface area is 265 Å². The molecule has 14 nitrogen and oxygen atoms in total. The van der Waals surface area contributed by atoms with Gasteiger partial charge in [-0.2, -0.15) is 0 Å². The van der Waals surface area contributed by atoms with Gasteiger partial charge in [-0.3, -0.25) is 33.6 Å². The highest BCUT2D eigenvalue weighted by Gasteiger charge is 2.42. The van der Waals surface area contributed by atoms with E-state index in [2.05, 4.69) is 10.6 Å². The smallest absolute Gasteiger partial charge is 0.308 e. The van der Waals surface area contributed by atoms with Gasteiger partial charge in [-0.15, -0.1) is 0 Å². The first-order valence-electron chi connectivity index (χ1n) is 15.9. The minimum absolute atomic E-state index is 0.156. The zero-order chi connectivity index (χ0) is 34.2. The molecule has 0 saturated carbocycles. The van der Waals surface area contributed by atoms with E-state index in [0.717, 1.165) is 0 Å². The van der Waals surface area contributed by atoms with Gasteiger partial charge in [-0.25, -0.2) is 0 Å². The van der Waals surface area contributed by atoms with E-state index in [0.29, 0.717) is 25.7 Å². The van der Waals surface area contributed by atoms with Gasteiger partial charge in [-0.05, 0) is 38.0 Å². The molecule has 14 heteroatoms. The topological polar surface area (TPSA) is 183 Å². The number of likely N-dealkylation sites (N-methyl/N-ethyl adjacent to an activating group) is 2. The first-order valence-corrected chi connectivity index (χ1v) is 15.9. The van der Waals surface area contributed by atoms with Crippen molar-refractivity contribution in [1.82, 2.24) is 25.3 Å².